The smallest absolute Gasteiger partial charge is 0.340 e. The molecule has 1 aliphatic heterocycles. The molecule has 1 aromatic rings. The van der Waals surface area contributed by atoms with Gasteiger partial charge in [-0.2, -0.15) is 0 Å². The largest absolute Gasteiger partial charge is 0.462 e. The van der Waals surface area contributed by atoms with Crippen molar-refractivity contribution in [3.05, 3.63) is 33.9 Å². The monoisotopic (exact) mass is 306 g/mol. The number of nitro groups is 1. The third kappa shape index (κ3) is 3.55. The summed E-state index contributed by atoms with van der Waals surface area (Å²) in [7, 11) is 0. The fourth-order valence-electron chi connectivity index (χ4n) is 3.15. The van der Waals surface area contributed by atoms with Crippen molar-refractivity contribution >= 4 is 17.3 Å². The van der Waals surface area contributed by atoms with Crippen LogP contribution in [0.5, 0.6) is 0 Å². The van der Waals surface area contributed by atoms with Crippen LogP contribution in [-0.2, 0) is 4.74 Å². The lowest BCUT2D eigenvalue weighted by Gasteiger charge is -2.37. The van der Waals surface area contributed by atoms with E-state index >= 15 is 0 Å². The molecule has 2 atom stereocenters. The molecule has 0 spiro atoms. The number of non-ortho nitro benzene ring substituents is 1. The van der Waals surface area contributed by atoms with Crippen molar-refractivity contribution in [2.75, 3.05) is 24.6 Å². The predicted octanol–water partition coefficient (Wildman–Crippen LogP) is 3.25. The number of ether oxygens (including phenoxy) is 1. The summed E-state index contributed by atoms with van der Waals surface area (Å²) in [4.78, 5) is 24.8. The van der Waals surface area contributed by atoms with Crippen LogP contribution in [0.1, 0.15) is 37.6 Å². The number of hydrogen-bond donors (Lipinski definition) is 0. The van der Waals surface area contributed by atoms with Crippen LogP contribution in [0, 0.1) is 22.0 Å². The second kappa shape index (κ2) is 6.77. The number of rotatable bonds is 4. The molecule has 1 heterocycles. The second-order valence-electron chi connectivity index (χ2n) is 6.03. The van der Waals surface area contributed by atoms with Crippen molar-refractivity contribution in [3.8, 4) is 0 Å². The Kier molecular flexibility index (Phi) is 5.00. The first-order valence-corrected chi connectivity index (χ1v) is 7.62. The van der Waals surface area contributed by atoms with E-state index in [1.807, 2.05) is 0 Å². The molecule has 0 radical (unpaired) electrons. The van der Waals surface area contributed by atoms with Crippen molar-refractivity contribution in [1.82, 2.24) is 0 Å². The molecule has 120 valence electrons. The maximum atomic E-state index is 12.2. The van der Waals surface area contributed by atoms with Crippen LogP contribution in [-0.4, -0.2) is 30.6 Å². The zero-order valence-electron chi connectivity index (χ0n) is 13.2. The predicted molar refractivity (Wildman–Crippen MR) is 84.2 cm³/mol. The lowest BCUT2D eigenvalue weighted by Crippen LogP contribution is -2.39. The lowest BCUT2D eigenvalue weighted by molar-refractivity contribution is -0.384. The summed E-state index contributed by atoms with van der Waals surface area (Å²) in [5.41, 5.74) is 0.907. The number of benzene rings is 1. The Morgan fingerprint density at radius 3 is 2.55 bits per heavy atom. The van der Waals surface area contributed by atoms with Gasteiger partial charge in [0.05, 0.1) is 22.8 Å². The van der Waals surface area contributed by atoms with E-state index in [0.717, 1.165) is 25.2 Å². The molecule has 0 aliphatic carbocycles. The molecular formula is C16H22N2O4. The van der Waals surface area contributed by atoms with E-state index in [1.54, 1.807) is 13.0 Å². The number of esters is 1. The first kappa shape index (κ1) is 16.3. The number of anilines is 1. The van der Waals surface area contributed by atoms with E-state index in [-0.39, 0.29) is 17.9 Å². The van der Waals surface area contributed by atoms with Crippen LogP contribution in [0.3, 0.4) is 0 Å². The van der Waals surface area contributed by atoms with Crippen molar-refractivity contribution < 1.29 is 14.5 Å². The molecule has 2 rings (SSSR count). The van der Waals surface area contributed by atoms with Crippen LogP contribution in [0.2, 0.25) is 0 Å². The van der Waals surface area contributed by atoms with Crippen LogP contribution >= 0.6 is 0 Å². The van der Waals surface area contributed by atoms with Gasteiger partial charge in [0.25, 0.3) is 5.69 Å². The normalized spacial score (nSPS) is 21.5. The second-order valence-corrected chi connectivity index (χ2v) is 6.03. The summed E-state index contributed by atoms with van der Waals surface area (Å²) in [5, 5.41) is 11.0. The molecule has 1 aromatic carbocycles. The molecule has 1 saturated heterocycles. The van der Waals surface area contributed by atoms with Crippen molar-refractivity contribution in [2.24, 2.45) is 11.8 Å². The van der Waals surface area contributed by atoms with Crippen molar-refractivity contribution in [2.45, 2.75) is 27.2 Å². The molecule has 1 aliphatic rings. The van der Waals surface area contributed by atoms with E-state index in [1.165, 1.54) is 12.1 Å². The van der Waals surface area contributed by atoms with Gasteiger partial charge in [0.15, 0.2) is 0 Å². The third-order valence-electron chi connectivity index (χ3n) is 3.90. The fraction of sp³-hybridized carbons (Fsp3) is 0.562. The average molecular weight is 306 g/mol. The van der Waals surface area contributed by atoms with Crippen LogP contribution in [0.4, 0.5) is 11.4 Å². The van der Waals surface area contributed by atoms with Gasteiger partial charge in [-0.25, -0.2) is 4.79 Å². The zero-order valence-corrected chi connectivity index (χ0v) is 13.2. The molecule has 0 unspecified atom stereocenters. The Hall–Kier alpha value is -2.11. The molecule has 6 heteroatoms. The van der Waals surface area contributed by atoms with Gasteiger partial charge in [0, 0.05) is 25.2 Å². The highest BCUT2D eigenvalue weighted by molar-refractivity contribution is 5.96. The Morgan fingerprint density at radius 1 is 1.36 bits per heavy atom. The van der Waals surface area contributed by atoms with Gasteiger partial charge in [-0.05, 0) is 31.2 Å². The van der Waals surface area contributed by atoms with Gasteiger partial charge in [-0.3, -0.25) is 10.1 Å². The molecule has 0 saturated carbocycles. The van der Waals surface area contributed by atoms with Crippen molar-refractivity contribution in [1.29, 1.82) is 0 Å². The van der Waals surface area contributed by atoms with Gasteiger partial charge < -0.3 is 9.64 Å². The van der Waals surface area contributed by atoms with E-state index < -0.39 is 10.9 Å². The Labute approximate surface area is 130 Å². The Morgan fingerprint density at radius 2 is 2.00 bits per heavy atom. The molecule has 6 nitrogen and oxygen atoms in total. The minimum atomic E-state index is -0.507. The molecule has 0 amide bonds. The number of nitro benzene ring substituents is 1. The van der Waals surface area contributed by atoms with Crippen LogP contribution in [0.15, 0.2) is 18.2 Å². The van der Waals surface area contributed by atoms with Gasteiger partial charge in [0.2, 0.25) is 0 Å². The molecule has 1 fully saturated rings. The highest BCUT2D eigenvalue weighted by atomic mass is 16.6. The SMILES string of the molecule is CCOC(=O)c1cc([N+](=O)[O-])ccc1N1C[C@H](C)C[C@H](C)C1. The molecule has 0 aromatic heterocycles. The van der Waals surface area contributed by atoms with E-state index in [2.05, 4.69) is 18.7 Å². The maximum absolute atomic E-state index is 12.2. The molecule has 0 N–H and O–H groups in total. The van der Waals surface area contributed by atoms with E-state index in [9.17, 15) is 14.9 Å². The number of hydrogen-bond acceptors (Lipinski definition) is 5. The number of carbonyl (C=O) groups is 1. The van der Waals surface area contributed by atoms with Gasteiger partial charge >= 0.3 is 5.97 Å². The van der Waals surface area contributed by atoms with Crippen LogP contribution in [0.25, 0.3) is 0 Å². The third-order valence-corrected chi connectivity index (χ3v) is 3.90. The number of carbonyl (C=O) groups excluding carboxylic acids is 1. The Balaban J connectivity index is 2.40. The van der Waals surface area contributed by atoms with Gasteiger partial charge in [-0.15, -0.1) is 0 Å². The van der Waals surface area contributed by atoms with Crippen molar-refractivity contribution in [3.63, 3.8) is 0 Å². The minimum Gasteiger partial charge on any atom is -0.462 e. The lowest BCUT2D eigenvalue weighted by atomic mass is 9.91. The summed E-state index contributed by atoms with van der Waals surface area (Å²) < 4.78 is 5.06. The molecule has 0 bridgehead atoms. The average Bonchev–Trinajstić information content (AvgIpc) is 2.45. The standard InChI is InChI=1S/C16H22N2O4/c1-4-22-16(19)14-8-13(18(20)21)5-6-15(14)17-9-11(2)7-12(3)10-17/h5-6,8,11-12H,4,7,9-10H2,1-3H3/t11-,12+. The molecular weight excluding hydrogens is 284 g/mol. The van der Waals surface area contributed by atoms with E-state index in [0.29, 0.717) is 11.8 Å². The molecule has 22 heavy (non-hydrogen) atoms. The zero-order chi connectivity index (χ0) is 16.3. The first-order valence-electron chi connectivity index (χ1n) is 7.62. The minimum absolute atomic E-state index is 0.0927. The summed E-state index contributed by atoms with van der Waals surface area (Å²) >= 11 is 0. The fourth-order valence-corrected chi connectivity index (χ4v) is 3.15. The van der Waals surface area contributed by atoms with E-state index in [4.69, 9.17) is 4.74 Å². The highest BCUT2D eigenvalue weighted by Crippen LogP contribution is 2.31. The number of piperidine rings is 1. The first-order chi connectivity index (χ1) is 10.4. The van der Waals surface area contributed by atoms with Crippen LogP contribution < -0.4 is 4.90 Å². The highest BCUT2D eigenvalue weighted by Gasteiger charge is 2.27. The summed E-state index contributed by atoms with van der Waals surface area (Å²) in [5.74, 6) is 0.537. The Bertz CT molecular complexity index is 563. The summed E-state index contributed by atoms with van der Waals surface area (Å²) in [6.45, 7) is 8.01. The van der Waals surface area contributed by atoms with Gasteiger partial charge in [-0.1, -0.05) is 13.8 Å². The summed E-state index contributed by atoms with van der Waals surface area (Å²) in [6, 6.07) is 4.43. The quantitative estimate of drug-likeness (QED) is 0.485. The number of nitrogens with zero attached hydrogens (tertiary/aromatic N) is 2. The van der Waals surface area contributed by atoms with Gasteiger partial charge in [0.1, 0.15) is 0 Å². The topological polar surface area (TPSA) is 72.7 Å². The summed E-state index contributed by atoms with van der Waals surface area (Å²) in [6.07, 6.45) is 1.15. The maximum Gasteiger partial charge on any atom is 0.340 e.